The van der Waals surface area contributed by atoms with Gasteiger partial charge in [-0.05, 0) is 25.2 Å². The van der Waals surface area contributed by atoms with Crippen LogP contribution in [0.25, 0.3) is 0 Å². The monoisotopic (exact) mass is 282 g/mol. The molecule has 1 rings (SSSR count). The smallest absolute Gasteiger partial charge is 0.167 e. The summed E-state index contributed by atoms with van der Waals surface area (Å²) in [5, 5.41) is 3.30. The van der Waals surface area contributed by atoms with E-state index in [2.05, 4.69) is 33.0 Å². The number of rotatable bonds is 6. The molecule has 0 fully saturated rings. The third-order valence-electron chi connectivity index (χ3n) is 3.76. The third kappa shape index (κ3) is 4.29. The van der Waals surface area contributed by atoms with Gasteiger partial charge in [0.25, 0.3) is 0 Å². The van der Waals surface area contributed by atoms with Crippen LogP contribution >= 0.6 is 0 Å². The predicted octanol–water partition coefficient (Wildman–Crippen LogP) is 4.29. The number of hydrogen-bond acceptors (Lipinski definition) is 3. The molecule has 0 aliphatic rings. The molecular weight excluding hydrogens is 255 g/mol. The number of nitrogens with two attached hydrogens (primary N) is 1. The quantitative estimate of drug-likeness (QED) is 0.765. The van der Waals surface area contributed by atoms with E-state index in [9.17, 15) is 4.39 Å². The first kappa shape index (κ1) is 16.6. The van der Waals surface area contributed by atoms with Crippen LogP contribution in [0.1, 0.15) is 41.5 Å². The summed E-state index contributed by atoms with van der Waals surface area (Å²) in [4.78, 5) is 0. The lowest BCUT2D eigenvalue weighted by Crippen LogP contribution is -2.28. The Morgan fingerprint density at radius 2 is 1.85 bits per heavy atom. The number of ether oxygens (including phenoxy) is 1. The van der Waals surface area contributed by atoms with Crippen molar-refractivity contribution in [3.05, 3.63) is 17.9 Å². The van der Waals surface area contributed by atoms with Crippen LogP contribution in [0, 0.1) is 17.2 Å². The summed E-state index contributed by atoms with van der Waals surface area (Å²) in [6, 6.07) is 2.95. The minimum Gasteiger partial charge on any atom is -0.488 e. The fraction of sp³-hybridized carbons (Fsp3) is 0.625. The molecule has 3 N–H and O–H groups in total. The maximum absolute atomic E-state index is 13.8. The minimum absolute atomic E-state index is 0.0759. The van der Waals surface area contributed by atoms with E-state index in [1.54, 1.807) is 6.07 Å². The van der Waals surface area contributed by atoms with Gasteiger partial charge in [-0.1, -0.05) is 27.7 Å². The molecule has 0 aromatic heterocycles. The van der Waals surface area contributed by atoms with Crippen molar-refractivity contribution >= 4 is 11.4 Å². The molecule has 114 valence electrons. The first-order valence-corrected chi connectivity index (χ1v) is 7.13. The van der Waals surface area contributed by atoms with Gasteiger partial charge in [0.05, 0.1) is 17.5 Å². The molecule has 0 spiro atoms. The number of halogens is 1. The van der Waals surface area contributed by atoms with Gasteiger partial charge < -0.3 is 15.8 Å². The molecule has 0 aliphatic heterocycles. The van der Waals surface area contributed by atoms with E-state index in [-0.39, 0.29) is 17.3 Å². The zero-order valence-corrected chi connectivity index (χ0v) is 13.4. The van der Waals surface area contributed by atoms with Gasteiger partial charge in [0, 0.05) is 18.7 Å². The zero-order chi connectivity index (χ0) is 15.5. The Morgan fingerprint density at radius 3 is 2.35 bits per heavy atom. The first-order valence-electron chi connectivity index (χ1n) is 7.13. The van der Waals surface area contributed by atoms with E-state index in [0.29, 0.717) is 11.6 Å². The van der Waals surface area contributed by atoms with E-state index in [1.165, 1.54) is 6.07 Å². The summed E-state index contributed by atoms with van der Waals surface area (Å²) in [7, 11) is 0. The molecule has 20 heavy (non-hydrogen) atoms. The molecule has 0 atom stereocenters. The summed E-state index contributed by atoms with van der Waals surface area (Å²) in [6.45, 7) is 13.2. The number of benzene rings is 1. The lowest BCUT2D eigenvalue weighted by molar-refractivity contribution is 0.231. The van der Waals surface area contributed by atoms with Crippen molar-refractivity contribution in [2.24, 2.45) is 11.3 Å². The average Bonchev–Trinajstić information content (AvgIpc) is 2.30. The highest BCUT2D eigenvalue weighted by molar-refractivity contribution is 5.68. The van der Waals surface area contributed by atoms with Crippen LogP contribution in [0.2, 0.25) is 0 Å². The van der Waals surface area contributed by atoms with Crippen molar-refractivity contribution in [1.82, 2.24) is 0 Å². The fourth-order valence-corrected chi connectivity index (χ4v) is 1.59. The highest BCUT2D eigenvalue weighted by Crippen LogP contribution is 2.31. The molecule has 4 heteroatoms. The second kappa shape index (κ2) is 6.33. The first-order chi connectivity index (χ1) is 9.13. The number of nitrogen functional groups attached to an aromatic ring is 1. The highest BCUT2D eigenvalue weighted by Gasteiger charge is 2.22. The van der Waals surface area contributed by atoms with Crippen molar-refractivity contribution < 1.29 is 9.13 Å². The van der Waals surface area contributed by atoms with E-state index in [1.807, 2.05) is 13.8 Å². The van der Waals surface area contributed by atoms with Gasteiger partial charge in [-0.3, -0.25) is 0 Å². The van der Waals surface area contributed by atoms with Crippen molar-refractivity contribution in [3.8, 4) is 5.75 Å². The number of nitrogens with one attached hydrogen (secondary N) is 1. The molecule has 0 aliphatic carbocycles. The lowest BCUT2D eigenvalue weighted by atomic mass is 9.81. The van der Waals surface area contributed by atoms with Crippen LogP contribution in [0.3, 0.4) is 0 Å². The largest absolute Gasteiger partial charge is 0.488 e. The van der Waals surface area contributed by atoms with Gasteiger partial charge in [0.2, 0.25) is 0 Å². The molecule has 3 nitrogen and oxygen atoms in total. The van der Waals surface area contributed by atoms with Crippen molar-refractivity contribution in [2.75, 3.05) is 17.6 Å². The van der Waals surface area contributed by atoms with Crippen LogP contribution in [-0.2, 0) is 0 Å². The van der Waals surface area contributed by atoms with Gasteiger partial charge in [0.1, 0.15) is 0 Å². The Labute approximate surface area is 121 Å². The second-order valence-corrected chi connectivity index (χ2v) is 6.53. The lowest BCUT2D eigenvalue weighted by Gasteiger charge is -2.30. The maximum Gasteiger partial charge on any atom is 0.167 e. The SMILES string of the molecule is CC(C)Oc1cc(NCC(C)(C)C(C)C)c(N)cc1F. The second-order valence-electron chi connectivity index (χ2n) is 6.53. The standard InChI is InChI=1S/C16H27FN2O/c1-10(2)16(5,6)9-19-14-8-15(20-11(3)4)12(17)7-13(14)18/h7-8,10-11,19H,9,18H2,1-6H3. The fourth-order valence-electron chi connectivity index (χ4n) is 1.59. The number of anilines is 2. The van der Waals surface area contributed by atoms with Gasteiger partial charge in [0.15, 0.2) is 11.6 Å². The summed E-state index contributed by atoms with van der Waals surface area (Å²) in [6.07, 6.45) is -0.0759. The van der Waals surface area contributed by atoms with Crippen LogP contribution in [0.15, 0.2) is 12.1 Å². The molecule has 0 saturated heterocycles. The summed E-state index contributed by atoms with van der Waals surface area (Å²) < 4.78 is 19.2. The molecule has 0 radical (unpaired) electrons. The highest BCUT2D eigenvalue weighted by atomic mass is 19.1. The van der Waals surface area contributed by atoms with Crippen molar-refractivity contribution in [3.63, 3.8) is 0 Å². The summed E-state index contributed by atoms with van der Waals surface area (Å²) in [5.41, 5.74) is 7.11. The van der Waals surface area contributed by atoms with Gasteiger partial charge in [-0.25, -0.2) is 4.39 Å². The minimum atomic E-state index is -0.426. The molecule has 0 saturated carbocycles. The van der Waals surface area contributed by atoms with E-state index < -0.39 is 5.82 Å². The Kier molecular flexibility index (Phi) is 5.26. The number of hydrogen-bond donors (Lipinski definition) is 2. The topological polar surface area (TPSA) is 47.3 Å². The Morgan fingerprint density at radius 1 is 1.25 bits per heavy atom. The summed E-state index contributed by atoms with van der Waals surface area (Å²) in [5.74, 6) is 0.340. The Hall–Kier alpha value is -1.45. The van der Waals surface area contributed by atoms with Crippen LogP contribution < -0.4 is 15.8 Å². The zero-order valence-electron chi connectivity index (χ0n) is 13.4. The van der Waals surface area contributed by atoms with Crippen molar-refractivity contribution in [1.29, 1.82) is 0 Å². The van der Waals surface area contributed by atoms with Gasteiger partial charge in [-0.2, -0.15) is 0 Å². The van der Waals surface area contributed by atoms with E-state index in [0.717, 1.165) is 12.2 Å². The third-order valence-corrected chi connectivity index (χ3v) is 3.76. The average molecular weight is 282 g/mol. The maximum atomic E-state index is 13.8. The van der Waals surface area contributed by atoms with Gasteiger partial charge >= 0.3 is 0 Å². The molecule has 1 aromatic rings. The molecular formula is C16H27FN2O. The summed E-state index contributed by atoms with van der Waals surface area (Å²) >= 11 is 0. The van der Waals surface area contributed by atoms with E-state index >= 15 is 0 Å². The van der Waals surface area contributed by atoms with E-state index in [4.69, 9.17) is 10.5 Å². The molecule has 0 unspecified atom stereocenters. The van der Waals surface area contributed by atoms with Crippen LogP contribution in [0.5, 0.6) is 5.75 Å². The molecule has 0 amide bonds. The Bertz CT molecular complexity index is 456. The molecule has 0 heterocycles. The van der Waals surface area contributed by atoms with Gasteiger partial charge in [-0.15, -0.1) is 0 Å². The molecule has 1 aromatic carbocycles. The predicted molar refractivity (Wildman–Crippen MR) is 83.7 cm³/mol. The van der Waals surface area contributed by atoms with Crippen molar-refractivity contribution in [2.45, 2.75) is 47.6 Å². The van der Waals surface area contributed by atoms with Crippen LogP contribution in [0.4, 0.5) is 15.8 Å². The normalized spacial score (nSPS) is 12.1. The Balaban J connectivity index is 2.90. The van der Waals surface area contributed by atoms with Crippen LogP contribution in [-0.4, -0.2) is 12.6 Å². The molecule has 0 bridgehead atoms.